The van der Waals surface area contributed by atoms with Gasteiger partial charge in [0.05, 0.1) is 12.3 Å². The molecule has 2 heterocycles. The van der Waals surface area contributed by atoms with Gasteiger partial charge in [0.1, 0.15) is 11.4 Å². The van der Waals surface area contributed by atoms with Gasteiger partial charge in [-0.3, -0.25) is 4.40 Å². The van der Waals surface area contributed by atoms with Gasteiger partial charge in [-0.05, 0) is 37.1 Å². The van der Waals surface area contributed by atoms with Crippen LogP contribution in [-0.2, 0) is 0 Å². The summed E-state index contributed by atoms with van der Waals surface area (Å²) in [4.78, 5) is 4.51. The molecule has 6 heteroatoms. The fraction of sp³-hybridized carbons (Fsp3) is 0.278. The van der Waals surface area contributed by atoms with Gasteiger partial charge in [0, 0.05) is 6.20 Å². The largest absolute Gasteiger partial charge is 0.504 e. The average molecular weight is 324 g/mol. The van der Waals surface area contributed by atoms with Gasteiger partial charge in [-0.2, -0.15) is 0 Å². The predicted octanol–water partition coefficient (Wildman–Crippen LogP) is 4.98. The van der Waals surface area contributed by atoms with E-state index in [0.717, 1.165) is 5.69 Å². The van der Waals surface area contributed by atoms with Crippen LogP contribution >= 0.6 is 0 Å². The lowest BCUT2D eigenvalue weighted by molar-refractivity contribution is 0.341. The second-order valence-electron chi connectivity index (χ2n) is 5.66. The highest BCUT2D eigenvalue weighted by molar-refractivity contribution is 5.61. The van der Waals surface area contributed by atoms with Crippen LogP contribution in [0.5, 0.6) is 11.5 Å². The molecule has 0 bridgehead atoms. The summed E-state index contributed by atoms with van der Waals surface area (Å²) in [6.45, 7) is 6.56. The molecule has 0 radical (unpaired) electrons. The topological polar surface area (TPSA) is 71.5 Å². The first-order valence-corrected chi connectivity index (χ1v) is 7.95. The monoisotopic (exact) mass is 324 g/mol. The number of benzene rings is 1. The fourth-order valence-corrected chi connectivity index (χ4v) is 2.46. The van der Waals surface area contributed by atoms with E-state index >= 15 is 0 Å². The standard InChI is InChI=1S/C18H20N4O2/c1-4-24-15-10-6-5-8-13(15)20-21-18-16(12(2)3)19-17-14(23)9-7-11-22(17)18/h5-12,23H,4H2,1-3H3. The van der Waals surface area contributed by atoms with Crippen molar-refractivity contribution in [3.63, 3.8) is 0 Å². The molecule has 124 valence electrons. The minimum Gasteiger partial charge on any atom is -0.504 e. The zero-order valence-corrected chi connectivity index (χ0v) is 14.0. The molecule has 0 aliphatic heterocycles. The lowest BCUT2D eigenvalue weighted by Crippen LogP contribution is -1.91. The summed E-state index contributed by atoms with van der Waals surface area (Å²) < 4.78 is 7.32. The number of aromatic nitrogens is 2. The van der Waals surface area contributed by atoms with Crippen LogP contribution in [0.2, 0.25) is 0 Å². The predicted molar refractivity (Wildman–Crippen MR) is 92.7 cm³/mol. The third-order valence-electron chi connectivity index (χ3n) is 3.59. The van der Waals surface area contributed by atoms with Gasteiger partial charge in [-0.15, -0.1) is 10.2 Å². The van der Waals surface area contributed by atoms with Crippen molar-refractivity contribution in [1.82, 2.24) is 9.38 Å². The lowest BCUT2D eigenvalue weighted by atomic mass is 10.1. The third-order valence-corrected chi connectivity index (χ3v) is 3.59. The number of hydrogen-bond donors (Lipinski definition) is 1. The van der Waals surface area contributed by atoms with Gasteiger partial charge in [0.2, 0.25) is 0 Å². The van der Waals surface area contributed by atoms with E-state index in [2.05, 4.69) is 15.2 Å². The van der Waals surface area contributed by atoms with E-state index in [-0.39, 0.29) is 11.7 Å². The molecule has 0 amide bonds. The van der Waals surface area contributed by atoms with Crippen molar-refractivity contribution in [3.05, 3.63) is 48.3 Å². The molecule has 0 atom stereocenters. The van der Waals surface area contributed by atoms with E-state index in [0.29, 0.717) is 29.5 Å². The number of hydrogen-bond acceptors (Lipinski definition) is 5. The molecule has 0 aliphatic rings. The van der Waals surface area contributed by atoms with E-state index in [4.69, 9.17) is 4.74 Å². The Bertz CT molecular complexity index is 884. The number of pyridine rings is 1. The van der Waals surface area contributed by atoms with E-state index in [1.807, 2.05) is 51.2 Å². The summed E-state index contributed by atoms with van der Waals surface area (Å²) in [6.07, 6.45) is 1.82. The zero-order chi connectivity index (χ0) is 17.1. The minimum absolute atomic E-state index is 0.121. The van der Waals surface area contributed by atoms with Gasteiger partial charge in [0.25, 0.3) is 0 Å². The first-order valence-electron chi connectivity index (χ1n) is 7.95. The number of fused-ring (bicyclic) bond motifs is 1. The molecule has 2 aromatic heterocycles. The summed E-state index contributed by atoms with van der Waals surface area (Å²) in [5, 5.41) is 18.8. The Morgan fingerprint density at radius 1 is 1.17 bits per heavy atom. The van der Waals surface area contributed by atoms with Gasteiger partial charge < -0.3 is 9.84 Å². The maximum absolute atomic E-state index is 10.0. The third kappa shape index (κ3) is 2.95. The number of imidazole rings is 1. The number of para-hydroxylation sites is 1. The molecule has 1 aromatic carbocycles. The normalized spacial score (nSPS) is 11.7. The van der Waals surface area contributed by atoms with Crippen LogP contribution in [0.3, 0.4) is 0 Å². The number of aromatic hydroxyl groups is 1. The molecular formula is C18H20N4O2. The Hall–Kier alpha value is -2.89. The van der Waals surface area contributed by atoms with Crippen molar-refractivity contribution in [1.29, 1.82) is 0 Å². The molecular weight excluding hydrogens is 304 g/mol. The van der Waals surface area contributed by atoms with Gasteiger partial charge >= 0.3 is 0 Å². The van der Waals surface area contributed by atoms with Crippen LogP contribution in [0.1, 0.15) is 32.4 Å². The Morgan fingerprint density at radius 2 is 1.96 bits per heavy atom. The quantitative estimate of drug-likeness (QED) is 0.673. The second kappa shape index (κ2) is 6.70. The summed E-state index contributed by atoms with van der Waals surface area (Å²) in [5.74, 6) is 1.57. The Morgan fingerprint density at radius 3 is 2.71 bits per heavy atom. The Kier molecular flexibility index (Phi) is 4.46. The molecule has 0 saturated heterocycles. The number of rotatable bonds is 5. The first kappa shape index (κ1) is 16.0. The van der Waals surface area contributed by atoms with E-state index in [1.165, 1.54) is 0 Å². The van der Waals surface area contributed by atoms with E-state index < -0.39 is 0 Å². The Balaban J connectivity index is 2.10. The first-order chi connectivity index (χ1) is 11.6. The highest BCUT2D eigenvalue weighted by Gasteiger charge is 2.17. The lowest BCUT2D eigenvalue weighted by Gasteiger charge is -2.05. The summed E-state index contributed by atoms with van der Waals surface area (Å²) in [7, 11) is 0. The van der Waals surface area contributed by atoms with Crippen molar-refractivity contribution >= 4 is 17.2 Å². The number of nitrogens with zero attached hydrogens (tertiary/aromatic N) is 4. The summed E-state index contributed by atoms with van der Waals surface area (Å²) in [6, 6.07) is 10.9. The van der Waals surface area contributed by atoms with Crippen LogP contribution in [0.4, 0.5) is 11.5 Å². The van der Waals surface area contributed by atoms with Gasteiger partial charge in [-0.1, -0.05) is 26.0 Å². The van der Waals surface area contributed by atoms with Gasteiger partial charge in [-0.25, -0.2) is 4.98 Å². The molecule has 0 spiro atoms. The maximum Gasteiger partial charge on any atom is 0.183 e. The maximum atomic E-state index is 10.0. The van der Waals surface area contributed by atoms with Crippen LogP contribution in [0.15, 0.2) is 52.8 Å². The van der Waals surface area contributed by atoms with E-state index in [9.17, 15) is 5.11 Å². The second-order valence-corrected chi connectivity index (χ2v) is 5.66. The highest BCUT2D eigenvalue weighted by Crippen LogP contribution is 2.34. The van der Waals surface area contributed by atoms with Crippen LogP contribution in [-0.4, -0.2) is 21.1 Å². The van der Waals surface area contributed by atoms with Crippen molar-refractivity contribution in [2.75, 3.05) is 6.61 Å². The van der Waals surface area contributed by atoms with Crippen LogP contribution < -0.4 is 4.74 Å². The molecule has 24 heavy (non-hydrogen) atoms. The fourth-order valence-electron chi connectivity index (χ4n) is 2.46. The van der Waals surface area contributed by atoms with Crippen LogP contribution in [0.25, 0.3) is 5.65 Å². The highest BCUT2D eigenvalue weighted by atomic mass is 16.5. The average Bonchev–Trinajstić information content (AvgIpc) is 2.95. The van der Waals surface area contributed by atoms with Crippen LogP contribution in [0, 0.1) is 0 Å². The molecule has 0 unspecified atom stereocenters. The SMILES string of the molecule is CCOc1ccccc1N=Nc1c(C(C)C)nc2c(O)cccn12. The Labute approximate surface area is 140 Å². The van der Waals surface area contributed by atoms with Crippen molar-refractivity contribution in [2.24, 2.45) is 10.2 Å². The zero-order valence-electron chi connectivity index (χ0n) is 14.0. The smallest absolute Gasteiger partial charge is 0.183 e. The van der Waals surface area contributed by atoms with Crippen molar-refractivity contribution in [2.45, 2.75) is 26.7 Å². The van der Waals surface area contributed by atoms with Gasteiger partial charge in [0.15, 0.2) is 17.2 Å². The number of ether oxygens (including phenoxy) is 1. The summed E-state index contributed by atoms with van der Waals surface area (Å²) in [5.41, 5.74) is 1.92. The van der Waals surface area contributed by atoms with Crippen molar-refractivity contribution in [3.8, 4) is 11.5 Å². The van der Waals surface area contributed by atoms with Crippen molar-refractivity contribution < 1.29 is 9.84 Å². The van der Waals surface area contributed by atoms with E-state index in [1.54, 1.807) is 16.5 Å². The molecule has 3 aromatic rings. The molecule has 0 saturated carbocycles. The molecule has 0 aliphatic carbocycles. The molecule has 1 N–H and O–H groups in total. The molecule has 0 fully saturated rings. The summed E-state index contributed by atoms with van der Waals surface area (Å²) >= 11 is 0. The molecule has 6 nitrogen and oxygen atoms in total. The molecule has 3 rings (SSSR count). The minimum atomic E-state index is 0.121. The number of azo groups is 1.